The summed E-state index contributed by atoms with van der Waals surface area (Å²) in [5.41, 5.74) is 0. The lowest BCUT2D eigenvalue weighted by Crippen LogP contribution is -2.43. The Hall–Kier alpha value is -1.01. The van der Waals surface area contributed by atoms with Crippen molar-refractivity contribution in [2.75, 3.05) is 18.8 Å². The number of aliphatic carboxylic acids is 1. The number of carbonyl (C=O) groups is 2. The Morgan fingerprint density at radius 1 is 1.53 bits per heavy atom. The summed E-state index contributed by atoms with van der Waals surface area (Å²) in [6, 6.07) is 4.06. The maximum Gasteiger partial charge on any atom is 0.308 e. The van der Waals surface area contributed by atoms with Crippen molar-refractivity contribution in [1.29, 1.82) is 0 Å². The molecule has 0 saturated carbocycles. The first-order chi connectivity index (χ1) is 9.16. The minimum absolute atomic E-state index is 0.0625. The first-order valence-corrected chi connectivity index (χ1v) is 8.31. The Morgan fingerprint density at radius 2 is 2.37 bits per heavy atom. The van der Waals surface area contributed by atoms with E-state index in [2.05, 4.69) is 6.07 Å². The van der Waals surface area contributed by atoms with Crippen molar-refractivity contribution in [2.45, 2.75) is 18.6 Å². The molecule has 6 heteroatoms. The molecule has 19 heavy (non-hydrogen) atoms. The minimum Gasteiger partial charge on any atom is -0.481 e. The molecule has 0 aliphatic carbocycles. The van der Waals surface area contributed by atoms with Crippen molar-refractivity contribution < 1.29 is 14.7 Å². The van der Waals surface area contributed by atoms with Gasteiger partial charge in [-0.1, -0.05) is 6.07 Å². The zero-order chi connectivity index (χ0) is 13.7. The average molecular weight is 299 g/mol. The first-order valence-electron chi connectivity index (χ1n) is 6.27. The average Bonchev–Trinajstić information content (AvgIpc) is 2.92. The van der Waals surface area contributed by atoms with Crippen LogP contribution in [-0.4, -0.2) is 40.7 Å². The van der Waals surface area contributed by atoms with Gasteiger partial charge in [0.15, 0.2) is 0 Å². The zero-order valence-electron chi connectivity index (χ0n) is 10.6. The number of carbonyl (C=O) groups excluding carboxylic acids is 1. The number of carboxylic acids is 1. The fourth-order valence-corrected chi connectivity index (χ4v) is 3.90. The summed E-state index contributed by atoms with van der Waals surface area (Å²) < 4.78 is 0. The molecule has 2 heterocycles. The minimum atomic E-state index is -0.788. The summed E-state index contributed by atoms with van der Waals surface area (Å²) in [4.78, 5) is 25.9. The van der Waals surface area contributed by atoms with Crippen LogP contribution in [-0.2, 0) is 15.3 Å². The number of rotatable bonds is 5. The quantitative estimate of drug-likeness (QED) is 0.906. The number of thiophene rings is 1. The van der Waals surface area contributed by atoms with Crippen molar-refractivity contribution >= 4 is 35.0 Å². The van der Waals surface area contributed by atoms with E-state index in [9.17, 15) is 9.59 Å². The van der Waals surface area contributed by atoms with E-state index in [-0.39, 0.29) is 11.8 Å². The summed E-state index contributed by atoms with van der Waals surface area (Å²) in [5, 5.41) is 11.0. The number of likely N-dealkylation sites (tertiary alicyclic amines) is 1. The van der Waals surface area contributed by atoms with Crippen LogP contribution in [0, 0.1) is 5.92 Å². The number of hydrogen-bond donors (Lipinski definition) is 1. The largest absolute Gasteiger partial charge is 0.481 e. The molecular formula is C13H17NO3S2. The third kappa shape index (κ3) is 4.24. The van der Waals surface area contributed by atoms with E-state index in [1.807, 2.05) is 11.4 Å². The van der Waals surface area contributed by atoms with Crippen molar-refractivity contribution in [3.05, 3.63) is 22.4 Å². The molecule has 1 aromatic heterocycles. The maximum atomic E-state index is 12.0. The number of nitrogens with zero attached hydrogens (tertiary/aromatic N) is 1. The number of hydrogen-bond acceptors (Lipinski definition) is 4. The molecule has 1 aliphatic rings. The molecule has 0 aromatic carbocycles. The van der Waals surface area contributed by atoms with E-state index >= 15 is 0 Å². The molecule has 4 nitrogen and oxygen atoms in total. The summed E-state index contributed by atoms with van der Waals surface area (Å²) in [7, 11) is 0. The van der Waals surface area contributed by atoms with Gasteiger partial charge in [0.25, 0.3) is 0 Å². The lowest BCUT2D eigenvalue weighted by molar-refractivity contribution is -0.145. The van der Waals surface area contributed by atoms with Gasteiger partial charge in [0.2, 0.25) is 5.91 Å². The number of amides is 1. The third-order valence-corrected chi connectivity index (χ3v) is 5.20. The summed E-state index contributed by atoms with van der Waals surface area (Å²) in [6.07, 6.45) is 1.47. The molecular weight excluding hydrogens is 282 g/mol. The van der Waals surface area contributed by atoms with Gasteiger partial charge in [-0.15, -0.1) is 23.1 Å². The lowest BCUT2D eigenvalue weighted by atomic mass is 9.98. The van der Waals surface area contributed by atoms with E-state index in [4.69, 9.17) is 5.11 Å². The van der Waals surface area contributed by atoms with Crippen molar-refractivity contribution in [3.63, 3.8) is 0 Å². The monoisotopic (exact) mass is 299 g/mol. The van der Waals surface area contributed by atoms with Crippen LogP contribution in [0.1, 0.15) is 17.7 Å². The van der Waals surface area contributed by atoms with Gasteiger partial charge in [0.05, 0.1) is 11.7 Å². The van der Waals surface area contributed by atoms with Crippen molar-refractivity contribution in [2.24, 2.45) is 5.92 Å². The fourth-order valence-electron chi connectivity index (χ4n) is 2.13. The predicted molar refractivity (Wildman–Crippen MR) is 77.4 cm³/mol. The van der Waals surface area contributed by atoms with Gasteiger partial charge in [0, 0.05) is 23.7 Å². The molecule has 1 N–H and O–H groups in total. The molecule has 0 radical (unpaired) electrons. The fraction of sp³-hybridized carbons (Fsp3) is 0.538. The van der Waals surface area contributed by atoms with E-state index < -0.39 is 5.97 Å². The summed E-state index contributed by atoms with van der Waals surface area (Å²) in [6.45, 7) is 1.07. The topological polar surface area (TPSA) is 57.6 Å². The van der Waals surface area contributed by atoms with Gasteiger partial charge in [-0.25, -0.2) is 0 Å². The second-order valence-electron chi connectivity index (χ2n) is 4.59. The van der Waals surface area contributed by atoms with Crippen LogP contribution in [0.4, 0.5) is 0 Å². The summed E-state index contributed by atoms with van der Waals surface area (Å²) >= 11 is 3.29. The first kappa shape index (κ1) is 14.4. The zero-order valence-corrected chi connectivity index (χ0v) is 12.2. The third-order valence-electron chi connectivity index (χ3n) is 3.17. The van der Waals surface area contributed by atoms with Gasteiger partial charge in [0.1, 0.15) is 0 Å². The molecule has 1 aromatic rings. The number of piperidine rings is 1. The van der Waals surface area contributed by atoms with E-state index in [0.717, 1.165) is 12.2 Å². The van der Waals surface area contributed by atoms with Gasteiger partial charge >= 0.3 is 5.97 Å². The van der Waals surface area contributed by atoms with Crippen LogP contribution >= 0.6 is 23.1 Å². The van der Waals surface area contributed by atoms with Crippen LogP contribution in [0.2, 0.25) is 0 Å². The Balaban J connectivity index is 1.74. The highest BCUT2D eigenvalue weighted by molar-refractivity contribution is 7.99. The lowest BCUT2D eigenvalue weighted by Gasteiger charge is -2.30. The Kier molecular flexibility index (Phi) is 5.27. The molecule has 1 atom stereocenters. The second-order valence-corrected chi connectivity index (χ2v) is 6.61. The highest BCUT2D eigenvalue weighted by Gasteiger charge is 2.27. The normalized spacial score (nSPS) is 19.4. The number of carboxylic acid groups (broad SMARTS) is 1. The maximum absolute atomic E-state index is 12.0. The van der Waals surface area contributed by atoms with Crippen molar-refractivity contribution in [1.82, 2.24) is 4.90 Å². The van der Waals surface area contributed by atoms with Crippen molar-refractivity contribution in [3.8, 4) is 0 Å². The molecule has 1 amide bonds. The van der Waals surface area contributed by atoms with Gasteiger partial charge < -0.3 is 10.0 Å². The standard InChI is InChI=1S/C13H17NO3S2/c15-12(9-18-8-11-4-2-6-19-11)14-5-1-3-10(7-14)13(16)17/h2,4,6,10H,1,3,5,7-9H2,(H,16,17)/t10-/m1/s1. The molecule has 104 valence electrons. The Morgan fingerprint density at radius 3 is 3.05 bits per heavy atom. The molecule has 0 unspecified atom stereocenters. The highest BCUT2D eigenvalue weighted by atomic mass is 32.2. The molecule has 0 bridgehead atoms. The van der Waals surface area contributed by atoms with E-state index in [1.54, 1.807) is 28.0 Å². The van der Waals surface area contributed by atoms with Gasteiger partial charge in [-0.05, 0) is 24.3 Å². The van der Waals surface area contributed by atoms with Crippen LogP contribution in [0.25, 0.3) is 0 Å². The van der Waals surface area contributed by atoms with Crippen LogP contribution < -0.4 is 0 Å². The summed E-state index contributed by atoms with van der Waals surface area (Å²) in [5.74, 6) is 0.167. The molecule has 1 aliphatic heterocycles. The molecule has 2 rings (SSSR count). The van der Waals surface area contributed by atoms with Crippen LogP contribution in [0.5, 0.6) is 0 Å². The SMILES string of the molecule is O=C(O)[C@@H]1CCCN(C(=O)CSCc2cccs2)C1. The van der Waals surface area contributed by atoms with Crippen LogP contribution in [0.15, 0.2) is 17.5 Å². The predicted octanol–water partition coefficient (Wildman–Crippen LogP) is 2.30. The highest BCUT2D eigenvalue weighted by Crippen LogP contribution is 2.20. The molecule has 1 saturated heterocycles. The second kappa shape index (κ2) is 6.96. The number of thioether (sulfide) groups is 1. The van der Waals surface area contributed by atoms with E-state index in [1.165, 1.54) is 4.88 Å². The Labute approximate surface area is 120 Å². The Bertz CT molecular complexity index is 433. The van der Waals surface area contributed by atoms with Crippen LogP contribution in [0.3, 0.4) is 0 Å². The molecule has 0 spiro atoms. The van der Waals surface area contributed by atoms with Gasteiger partial charge in [-0.2, -0.15) is 0 Å². The van der Waals surface area contributed by atoms with E-state index in [0.29, 0.717) is 25.3 Å². The smallest absolute Gasteiger partial charge is 0.308 e. The molecule has 1 fully saturated rings. The van der Waals surface area contributed by atoms with Gasteiger partial charge in [-0.3, -0.25) is 9.59 Å².